The highest BCUT2D eigenvalue weighted by molar-refractivity contribution is 7.10. The van der Waals surface area contributed by atoms with Crippen molar-refractivity contribution in [3.8, 4) is 0 Å². The molecule has 1 saturated heterocycles. The maximum Gasteiger partial charge on any atom is 0.234 e. The third kappa shape index (κ3) is 2.90. The van der Waals surface area contributed by atoms with Crippen LogP contribution in [-0.4, -0.2) is 33.7 Å². The quantitative estimate of drug-likeness (QED) is 0.849. The van der Waals surface area contributed by atoms with E-state index in [1.54, 1.807) is 11.3 Å². The topological polar surface area (TPSA) is 38.1 Å². The van der Waals surface area contributed by atoms with Gasteiger partial charge in [0.25, 0.3) is 0 Å². The number of piperidine rings is 1. The molecule has 1 amide bonds. The van der Waals surface area contributed by atoms with Crippen molar-refractivity contribution in [2.75, 3.05) is 13.1 Å². The molecule has 0 atom stereocenters. The molecule has 2 fully saturated rings. The van der Waals surface area contributed by atoms with Crippen LogP contribution in [0.1, 0.15) is 43.4 Å². The summed E-state index contributed by atoms with van der Waals surface area (Å²) in [5.74, 6) is 1.02. The van der Waals surface area contributed by atoms with Gasteiger partial charge in [0.2, 0.25) is 5.91 Å². The van der Waals surface area contributed by atoms with Crippen LogP contribution in [0.25, 0.3) is 0 Å². The molecule has 4 rings (SSSR count). The number of hydrogen-bond donors (Lipinski definition) is 0. The molecule has 24 heavy (non-hydrogen) atoms. The van der Waals surface area contributed by atoms with E-state index in [0.717, 1.165) is 45.3 Å². The standard InChI is InChI=1S/C19H25N3OS/c23-18(19(8-1-2-9-19)17-5-3-14-24-17)21-12-6-16(7-13-21)15-22-11-4-10-20-22/h3-5,10-11,14,16H,1-2,6-9,12-13,15H2. The fourth-order valence-electron chi connectivity index (χ4n) is 4.39. The normalized spacial score (nSPS) is 21.2. The lowest BCUT2D eigenvalue weighted by atomic mass is 9.82. The van der Waals surface area contributed by atoms with Crippen molar-refractivity contribution in [3.05, 3.63) is 40.8 Å². The van der Waals surface area contributed by atoms with Crippen molar-refractivity contribution < 1.29 is 4.79 Å². The van der Waals surface area contributed by atoms with Crippen LogP contribution < -0.4 is 0 Å². The van der Waals surface area contributed by atoms with Gasteiger partial charge in [0.05, 0.1) is 5.41 Å². The maximum atomic E-state index is 13.4. The van der Waals surface area contributed by atoms with Crippen LogP contribution in [0.15, 0.2) is 36.0 Å². The summed E-state index contributed by atoms with van der Waals surface area (Å²) in [6, 6.07) is 6.23. The van der Waals surface area contributed by atoms with E-state index in [2.05, 4.69) is 27.5 Å². The Morgan fingerprint density at radius 3 is 2.67 bits per heavy atom. The first-order valence-electron chi connectivity index (χ1n) is 9.09. The summed E-state index contributed by atoms with van der Waals surface area (Å²) in [6.07, 6.45) is 10.5. The Bertz CT molecular complexity index is 651. The van der Waals surface area contributed by atoms with Crippen LogP contribution in [-0.2, 0) is 16.8 Å². The van der Waals surface area contributed by atoms with Gasteiger partial charge in [-0.05, 0) is 49.1 Å². The van der Waals surface area contributed by atoms with Gasteiger partial charge in [-0.3, -0.25) is 9.48 Å². The minimum Gasteiger partial charge on any atom is -0.342 e. The molecule has 4 nitrogen and oxygen atoms in total. The average molecular weight is 343 g/mol. The van der Waals surface area contributed by atoms with Crippen molar-refractivity contribution in [1.82, 2.24) is 14.7 Å². The van der Waals surface area contributed by atoms with Gasteiger partial charge in [-0.2, -0.15) is 5.10 Å². The van der Waals surface area contributed by atoms with E-state index in [0.29, 0.717) is 11.8 Å². The lowest BCUT2D eigenvalue weighted by molar-refractivity contribution is -0.138. The molecule has 0 unspecified atom stereocenters. The van der Waals surface area contributed by atoms with Crippen LogP contribution in [0.2, 0.25) is 0 Å². The van der Waals surface area contributed by atoms with Gasteiger partial charge < -0.3 is 4.90 Å². The molecule has 128 valence electrons. The van der Waals surface area contributed by atoms with Gasteiger partial charge >= 0.3 is 0 Å². The average Bonchev–Trinajstić information content (AvgIpc) is 3.36. The summed E-state index contributed by atoms with van der Waals surface area (Å²) in [4.78, 5) is 16.8. The number of amides is 1. The van der Waals surface area contributed by atoms with E-state index in [1.165, 1.54) is 17.7 Å². The summed E-state index contributed by atoms with van der Waals surface area (Å²) < 4.78 is 2.02. The number of rotatable bonds is 4. The van der Waals surface area contributed by atoms with Crippen LogP contribution in [0.3, 0.4) is 0 Å². The zero-order chi connectivity index (χ0) is 16.4. The molecule has 2 aromatic rings. The van der Waals surface area contributed by atoms with E-state index < -0.39 is 0 Å². The highest BCUT2D eigenvalue weighted by Gasteiger charge is 2.46. The molecule has 0 aromatic carbocycles. The van der Waals surface area contributed by atoms with Gasteiger partial charge in [0, 0.05) is 36.9 Å². The zero-order valence-corrected chi connectivity index (χ0v) is 14.9. The number of carbonyl (C=O) groups excluding carboxylic acids is 1. The lowest BCUT2D eigenvalue weighted by Gasteiger charge is -2.38. The molecule has 2 aliphatic rings. The summed E-state index contributed by atoms with van der Waals surface area (Å²) in [5, 5.41) is 6.42. The number of thiophene rings is 1. The van der Waals surface area contributed by atoms with E-state index in [4.69, 9.17) is 0 Å². The summed E-state index contributed by atoms with van der Waals surface area (Å²) >= 11 is 1.76. The first kappa shape index (κ1) is 15.9. The molecule has 3 heterocycles. The molecule has 1 saturated carbocycles. The maximum absolute atomic E-state index is 13.4. The number of likely N-dealkylation sites (tertiary alicyclic amines) is 1. The molecule has 0 spiro atoms. The summed E-state index contributed by atoms with van der Waals surface area (Å²) in [7, 11) is 0. The Balaban J connectivity index is 1.42. The number of nitrogens with zero attached hydrogens (tertiary/aromatic N) is 3. The molecule has 0 N–H and O–H groups in total. The van der Waals surface area contributed by atoms with E-state index >= 15 is 0 Å². The minimum atomic E-state index is -0.219. The molecule has 2 aromatic heterocycles. The molecule has 1 aliphatic carbocycles. The van der Waals surface area contributed by atoms with Gasteiger partial charge in [0.1, 0.15) is 0 Å². The second kappa shape index (κ2) is 6.71. The van der Waals surface area contributed by atoms with Crippen LogP contribution >= 0.6 is 11.3 Å². The van der Waals surface area contributed by atoms with Gasteiger partial charge in [0.15, 0.2) is 0 Å². The largest absolute Gasteiger partial charge is 0.342 e. The molecule has 1 aliphatic heterocycles. The number of aromatic nitrogens is 2. The number of carbonyl (C=O) groups is 1. The summed E-state index contributed by atoms with van der Waals surface area (Å²) in [6.45, 7) is 2.78. The van der Waals surface area contributed by atoms with Crippen molar-refractivity contribution in [2.24, 2.45) is 5.92 Å². The Kier molecular flexibility index (Phi) is 4.44. The predicted octanol–water partition coefficient (Wildman–Crippen LogP) is 3.70. The minimum absolute atomic E-state index is 0.219. The number of hydrogen-bond acceptors (Lipinski definition) is 3. The van der Waals surface area contributed by atoms with Crippen molar-refractivity contribution in [1.29, 1.82) is 0 Å². The Morgan fingerprint density at radius 2 is 2.04 bits per heavy atom. The monoisotopic (exact) mass is 343 g/mol. The van der Waals surface area contributed by atoms with Crippen LogP contribution in [0.5, 0.6) is 0 Å². The van der Waals surface area contributed by atoms with Gasteiger partial charge in [-0.15, -0.1) is 11.3 Å². The third-order valence-corrected chi connectivity index (χ3v) is 6.84. The summed E-state index contributed by atoms with van der Waals surface area (Å²) in [5.41, 5.74) is -0.219. The molecular weight excluding hydrogens is 318 g/mol. The SMILES string of the molecule is O=C(N1CCC(Cn2cccn2)CC1)C1(c2cccs2)CCCC1. The van der Waals surface area contributed by atoms with Crippen molar-refractivity contribution >= 4 is 17.2 Å². The second-order valence-corrected chi connectivity index (χ2v) is 8.18. The third-order valence-electron chi connectivity index (χ3n) is 5.77. The first-order valence-corrected chi connectivity index (χ1v) is 9.97. The van der Waals surface area contributed by atoms with Gasteiger partial charge in [-0.25, -0.2) is 0 Å². The fraction of sp³-hybridized carbons (Fsp3) is 0.579. The molecule has 0 bridgehead atoms. The van der Waals surface area contributed by atoms with Crippen molar-refractivity contribution in [2.45, 2.75) is 50.5 Å². The van der Waals surface area contributed by atoms with E-state index in [-0.39, 0.29) is 5.41 Å². The van der Waals surface area contributed by atoms with Crippen LogP contribution in [0, 0.1) is 5.92 Å². The highest BCUT2D eigenvalue weighted by atomic mass is 32.1. The Hall–Kier alpha value is -1.62. The predicted molar refractivity (Wildman–Crippen MR) is 96.0 cm³/mol. The molecule has 5 heteroatoms. The first-order chi connectivity index (χ1) is 11.8. The van der Waals surface area contributed by atoms with Crippen molar-refractivity contribution in [3.63, 3.8) is 0 Å². The van der Waals surface area contributed by atoms with Gasteiger partial charge in [-0.1, -0.05) is 18.9 Å². The Labute approximate surface area is 147 Å². The lowest BCUT2D eigenvalue weighted by Crippen LogP contribution is -2.48. The second-order valence-electron chi connectivity index (χ2n) is 7.23. The Morgan fingerprint density at radius 1 is 1.25 bits per heavy atom. The zero-order valence-electron chi connectivity index (χ0n) is 14.1. The molecule has 0 radical (unpaired) electrons. The van der Waals surface area contributed by atoms with E-state index in [9.17, 15) is 4.79 Å². The van der Waals surface area contributed by atoms with E-state index in [1.807, 2.05) is 23.1 Å². The fourth-order valence-corrected chi connectivity index (χ4v) is 5.37. The highest BCUT2D eigenvalue weighted by Crippen LogP contribution is 2.45. The smallest absolute Gasteiger partial charge is 0.234 e. The molecular formula is C19H25N3OS. The van der Waals surface area contributed by atoms with Crippen LogP contribution in [0.4, 0.5) is 0 Å².